The van der Waals surface area contributed by atoms with Crippen LogP contribution in [0.25, 0.3) is 0 Å². The first-order chi connectivity index (χ1) is 13.7. The van der Waals surface area contributed by atoms with Crippen LogP contribution in [0.15, 0.2) is 64.0 Å². The van der Waals surface area contributed by atoms with Gasteiger partial charge >= 0.3 is 0 Å². The summed E-state index contributed by atoms with van der Waals surface area (Å²) in [6.45, 7) is 0. The number of nitrogens with one attached hydrogen (secondary N) is 1. The molecule has 0 bridgehead atoms. The average molecular weight is 474 g/mol. The van der Waals surface area contributed by atoms with Gasteiger partial charge in [-0.2, -0.15) is 0 Å². The van der Waals surface area contributed by atoms with Gasteiger partial charge in [0.25, 0.3) is 10.0 Å². The van der Waals surface area contributed by atoms with E-state index in [1.807, 2.05) is 0 Å². The summed E-state index contributed by atoms with van der Waals surface area (Å²) < 4.78 is 27.9. The number of ketones is 2. The normalized spacial score (nSPS) is 13.0. The van der Waals surface area contributed by atoms with E-state index < -0.39 is 38.8 Å². The molecule has 1 aliphatic rings. The second-order valence-corrected chi connectivity index (χ2v) is 8.79. The number of hydrogen-bond donors (Lipinski definition) is 3. The molecule has 0 unspecified atom stereocenters. The maximum Gasteiger partial charge on any atom is 0.263 e. The number of anilines is 1. The minimum absolute atomic E-state index is 0.0984. The molecule has 146 valence electrons. The molecule has 0 spiro atoms. The number of phenolic OH excluding ortho intramolecular Hbond substituents is 2. The number of carbonyl (C=O) groups excluding carboxylic acids is 2. The first kappa shape index (κ1) is 19.2. The molecule has 3 aromatic carbocycles. The van der Waals surface area contributed by atoms with E-state index in [1.165, 1.54) is 30.3 Å². The van der Waals surface area contributed by atoms with Crippen molar-refractivity contribution in [2.45, 2.75) is 4.90 Å². The molecule has 0 saturated heterocycles. The summed E-state index contributed by atoms with van der Waals surface area (Å²) >= 11 is 3.14. The van der Waals surface area contributed by atoms with Gasteiger partial charge in [-0.15, -0.1) is 0 Å². The summed E-state index contributed by atoms with van der Waals surface area (Å²) in [5, 5.41) is 20.7. The predicted molar refractivity (Wildman–Crippen MR) is 108 cm³/mol. The number of fused-ring (bicyclic) bond motifs is 2. The van der Waals surface area contributed by atoms with E-state index >= 15 is 0 Å². The Kier molecular flexibility index (Phi) is 4.44. The van der Waals surface area contributed by atoms with Crippen molar-refractivity contribution in [2.24, 2.45) is 0 Å². The van der Waals surface area contributed by atoms with E-state index in [9.17, 15) is 28.2 Å². The fourth-order valence-electron chi connectivity index (χ4n) is 3.17. The molecule has 7 nitrogen and oxygen atoms in total. The molecule has 9 heteroatoms. The summed E-state index contributed by atoms with van der Waals surface area (Å²) in [6, 6.07) is 13.1. The van der Waals surface area contributed by atoms with Crippen LogP contribution in [-0.2, 0) is 10.0 Å². The molecular weight excluding hydrogens is 462 g/mol. The maximum absolute atomic E-state index is 12.8. The van der Waals surface area contributed by atoms with Gasteiger partial charge in [0.1, 0.15) is 4.90 Å². The van der Waals surface area contributed by atoms with Crippen LogP contribution < -0.4 is 4.72 Å². The molecule has 0 fully saturated rings. The Morgan fingerprint density at radius 2 is 1.38 bits per heavy atom. The third-order valence-corrected chi connectivity index (χ3v) is 6.91. The molecule has 29 heavy (non-hydrogen) atoms. The lowest BCUT2D eigenvalue weighted by Crippen LogP contribution is -2.22. The SMILES string of the molecule is O=C1c2ccccc2C(=O)c2c1cc(NS(=O)(=O)c1ccccc1Br)c(O)c2O. The Morgan fingerprint density at radius 1 is 0.793 bits per heavy atom. The van der Waals surface area contributed by atoms with Gasteiger partial charge in [-0.3, -0.25) is 14.3 Å². The van der Waals surface area contributed by atoms with Crippen LogP contribution >= 0.6 is 15.9 Å². The summed E-state index contributed by atoms with van der Waals surface area (Å²) in [6.07, 6.45) is 0. The monoisotopic (exact) mass is 473 g/mol. The standard InChI is InChI=1S/C20H12BrNO6S/c21-13-7-3-4-8-15(13)29(27,28)22-14-9-12-16(20(26)19(14)25)18(24)11-6-2-1-5-10(11)17(12)23/h1-9,22,25-26H. The van der Waals surface area contributed by atoms with E-state index in [0.717, 1.165) is 6.07 Å². The molecule has 0 amide bonds. The van der Waals surface area contributed by atoms with E-state index in [-0.39, 0.29) is 31.6 Å². The predicted octanol–water partition coefficient (Wildman–Crippen LogP) is 3.44. The van der Waals surface area contributed by atoms with Gasteiger partial charge in [-0.1, -0.05) is 36.4 Å². The average Bonchev–Trinajstić information content (AvgIpc) is 2.69. The molecule has 3 aromatic rings. The van der Waals surface area contributed by atoms with Crippen molar-refractivity contribution in [3.8, 4) is 11.5 Å². The van der Waals surface area contributed by atoms with Crippen molar-refractivity contribution in [2.75, 3.05) is 4.72 Å². The van der Waals surface area contributed by atoms with Gasteiger partial charge in [-0.05, 0) is 34.1 Å². The van der Waals surface area contributed by atoms with Crippen molar-refractivity contribution < 1.29 is 28.2 Å². The summed E-state index contributed by atoms with van der Waals surface area (Å²) in [5.74, 6) is -2.91. The number of carbonyl (C=O) groups is 2. The minimum atomic E-state index is -4.17. The highest BCUT2D eigenvalue weighted by molar-refractivity contribution is 9.10. The number of phenols is 2. The molecular formula is C20H12BrNO6S. The molecule has 0 aliphatic heterocycles. The molecule has 3 N–H and O–H groups in total. The van der Waals surface area contributed by atoms with Crippen LogP contribution in [0.2, 0.25) is 0 Å². The van der Waals surface area contributed by atoms with Crippen LogP contribution in [-0.4, -0.2) is 30.2 Å². The Bertz CT molecular complexity index is 1320. The van der Waals surface area contributed by atoms with Crippen molar-refractivity contribution in [3.63, 3.8) is 0 Å². The molecule has 0 radical (unpaired) electrons. The summed E-state index contributed by atoms with van der Waals surface area (Å²) in [5.41, 5.74) is -0.752. The number of hydrogen-bond acceptors (Lipinski definition) is 6. The molecule has 4 rings (SSSR count). The topological polar surface area (TPSA) is 121 Å². The lowest BCUT2D eigenvalue weighted by Gasteiger charge is -2.21. The summed E-state index contributed by atoms with van der Waals surface area (Å²) in [7, 11) is -4.17. The van der Waals surface area contributed by atoms with Crippen LogP contribution in [0.3, 0.4) is 0 Å². The van der Waals surface area contributed by atoms with Crippen LogP contribution in [0, 0.1) is 0 Å². The van der Waals surface area contributed by atoms with Gasteiger partial charge in [0.2, 0.25) is 0 Å². The van der Waals surface area contributed by atoms with Gasteiger partial charge in [-0.25, -0.2) is 8.42 Å². The van der Waals surface area contributed by atoms with Gasteiger partial charge < -0.3 is 10.2 Å². The Balaban J connectivity index is 1.87. The zero-order chi connectivity index (χ0) is 20.9. The highest BCUT2D eigenvalue weighted by Gasteiger charge is 2.35. The van der Waals surface area contributed by atoms with Crippen molar-refractivity contribution in [1.29, 1.82) is 0 Å². The largest absolute Gasteiger partial charge is 0.504 e. The molecule has 0 saturated carbocycles. The smallest absolute Gasteiger partial charge is 0.263 e. The maximum atomic E-state index is 12.8. The highest BCUT2D eigenvalue weighted by Crippen LogP contribution is 2.43. The molecule has 0 atom stereocenters. The fourth-order valence-corrected chi connectivity index (χ4v) is 5.23. The quantitative estimate of drug-likeness (QED) is 0.392. The van der Waals surface area contributed by atoms with Gasteiger partial charge in [0, 0.05) is 21.2 Å². The first-order valence-electron chi connectivity index (χ1n) is 8.27. The highest BCUT2D eigenvalue weighted by atomic mass is 79.9. The lowest BCUT2D eigenvalue weighted by atomic mass is 9.83. The van der Waals surface area contributed by atoms with E-state index in [2.05, 4.69) is 20.7 Å². The van der Waals surface area contributed by atoms with Gasteiger partial charge in [0.15, 0.2) is 23.1 Å². The number of benzene rings is 3. The fraction of sp³-hybridized carbons (Fsp3) is 0. The van der Waals surface area contributed by atoms with E-state index in [4.69, 9.17) is 0 Å². The minimum Gasteiger partial charge on any atom is -0.504 e. The van der Waals surface area contributed by atoms with E-state index in [0.29, 0.717) is 0 Å². The van der Waals surface area contributed by atoms with E-state index in [1.54, 1.807) is 18.2 Å². The number of sulfonamides is 1. The lowest BCUT2D eigenvalue weighted by molar-refractivity contribution is 0.0976. The molecule has 0 heterocycles. The Hall–Kier alpha value is -3.17. The van der Waals surface area contributed by atoms with Gasteiger partial charge in [0.05, 0.1) is 11.3 Å². The number of rotatable bonds is 3. The van der Waals surface area contributed by atoms with Crippen LogP contribution in [0.1, 0.15) is 31.8 Å². The third kappa shape index (κ3) is 2.99. The second kappa shape index (κ2) is 6.71. The first-order valence-corrected chi connectivity index (χ1v) is 10.5. The van der Waals surface area contributed by atoms with Crippen LogP contribution in [0.4, 0.5) is 5.69 Å². The molecule has 1 aliphatic carbocycles. The number of halogens is 1. The number of aromatic hydroxyl groups is 2. The summed E-state index contributed by atoms with van der Waals surface area (Å²) in [4.78, 5) is 25.4. The second-order valence-electron chi connectivity index (χ2n) is 6.28. The molecule has 0 aromatic heterocycles. The van der Waals surface area contributed by atoms with Crippen molar-refractivity contribution in [1.82, 2.24) is 0 Å². The van der Waals surface area contributed by atoms with Crippen LogP contribution in [0.5, 0.6) is 11.5 Å². The Labute approximate surface area is 173 Å². The van der Waals surface area contributed by atoms with Crippen molar-refractivity contribution >= 4 is 43.2 Å². The Morgan fingerprint density at radius 3 is 2.03 bits per heavy atom. The van der Waals surface area contributed by atoms with Crippen molar-refractivity contribution in [3.05, 3.63) is 81.3 Å². The zero-order valence-corrected chi connectivity index (χ0v) is 16.9. The third-order valence-electron chi connectivity index (χ3n) is 4.53. The zero-order valence-electron chi connectivity index (χ0n) is 14.5.